The first kappa shape index (κ1) is 21.3. The lowest BCUT2D eigenvalue weighted by Gasteiger charge is -2.12. The average Bonchev–Trinajstić information content (AvgIpc) is 2.78. The summed E-state index contributed by atoms with van der Waals surface area (Å²) in [5, 5.41) is 14.8. The van der Waals surface area contributed by atoms with Gasteiger partial charge in [-0.2, -0.15) is 5.26 Å². The van der Waals surface area contributed by atoms with Crippen LogP contribution in [-0.4, -0.2) is 5.91 Å². The maximum Gasteiger partial charge on any atom is 0.266 e. The fraction of sp³-hybridized carbons (Fsp3) is 0.0370. The van der Waals surface area contributed by atoms with Gasteiger partial charge in [0.15, 0.2) is 0 Å². The maximum atomic E-state index is 13.7. The standard InChI is InChI=1S/C27H18ClFN2O/c28-22-7-4-9-24(16-22)31-27(32)21(17-30)15-26-20(13-18-5-3-8-23(29)14-18)12-11-19-6-1-2-10-25(19)26/h1-12,14-16H,13H2,(H,31,32)/b21-15+. The second kappa shape index (κ2) is 9.47. The van der Waals surface area contributed by atoms with E-state index in [0.29, 0.717) is 17.1 Å². The number of nitrogens with zero attached hydrogens (tertiary/aromatic N) is 1. The van der Waals surface area contributed by atoms with Crippen LogP contribution in [0.1, 0.15) is 16.7 Å². The van der Waals surface area contributed by atoms with Crippen LogP contribution < -0.4 is 5.32 Å². The molecule has 0 unspecified atom stereocenters. The van der Waals surface area contributed by atoms with Gasteiger partial charge in [0, 0.05) is 10.7 Å². The quantitative estimate of drug-likeness (QED) is 0.275. The van der Waals surface area contributed by atoms with Gasteiger partial charge in [-0.1, -0.05) is 66.2 Å². The molecule has 5 heteroatoms. The number of carbonyl (C=O) groups excluding carboxylic acids is 1. The van der Waals surface area contributed by atoms with Crippen molar-refractivity contribution in [3.8, 4) is 6.07 Å². The average molecular weight is 441 g/mol. The van der Waals surface area contributed by atoms with Crippen LogP contribution in [0.4, 0.5) is 10.1 Å². The molecule has 0 aliphatic heterocycles. The van der Waals surface area contributed by atoms with Crippen LogP contribution in [0, 0.1) is 17.1 Å². The Kier molecular flexibility index (Phi) is 6.30. The van der Waals surface area contributed by atoms with Gasteiger partial charge in [0.25, 0.3) is 5.91 Å². The lowest BCUT2D eigenvalue weighted by atomic mass is 9.93. The van der Waals surface area contributed by atoms with Crippen LogP contribution in [0.15, 0.2) is 90.5 Å². The van der Waals surface area contributed by atoms with Crippen molar-refractivity contribution in [3.05, 3.63) is 118 Å². The first-order chi connectivity index (χ1) is 15.5. The molecule has 0 atom stereocenters. The number of nitriles is 1. The maximum absolute atomic E-state index is 13.7. The summed E-state index contributed by atoms with van der Waals surface area (Å²) >= 11 is 5.99. The van der Waals surface area contributed by atoms with Gasteiger partial charge in [0.05, 0.1) is 0 Å². The largest absolute Gasteiger partial charge is 0.321 e. The summed E-state index contributed by atoms with van der Waals surface area (Å²) < 4.78 is 13.7. The van der Waals surface area contributed by atoms with Crippen molar-refractivity contribution in [2.24, 2.45) is 0 Å². The molecule has 0 bridgehead atoms. The van der Waals surface area contributed by atoms with Crippen LogP contribution in [0.3, 0.4) is 0 Å². The van der Waals surface area contributed by atoms with Gasteiger partial charge in [-0.15, -0.1) is 0 Å². The third-order valence-corrected chi connectivity index (χ3v) is 5.32. The summed E-state index contributed by atoms with van der Waals surface area (Å²) in [6.45, 7) is 0. The van der Waals surface area contributed by atoms with Crippen molar-refractivity contribution in [2.45, 2.75) is 6.42 Å². The molecule has 4 aromatic rings. The van der Waals surface area contributed by atoms with Gasteiger partial charge in [-0.05, 0) is 70.3 Å². The van der Waals surface area contributed by atoms with E-state index in [1.807, 2.05) is 48.5 Å². The number of amides is 1. The molecule has 0 heterocycles. The van der Waals surface area contributed by atoms with Crippen LogP contribution >= 0.6 is 11.6 Å². The summed E-state index contributed by atoms with van der Waals surface area (Å²) in [6.07, 6.45) is 2.06. The van der Waals surface area contributed by atoms with E-state index in [9.17, 15) is 14.4 Å². The van der Waals surface area contributed by atoms with Crippen molar-refractivity contribution >= 4 is 40.0 Å². The first-order valence-electron chi connectivity index (χ1n) is 9.97. The van der Waals surface area contributed by atoms with E-state index in [2.05, 4.69) is 5.32 Å². The van der Waals surface area contributed by atoms with Crippen LogP contribution in [0.25, 0.3) is 16.8 Å². The highest BCUT2D eigenvalue weighted by Crippen LogP contribution is 2.27. The smallest absolute Gasteiger partial charge is 0.266 e. The Bertz CT molecular complexity index is 1390. The number of anilines is 1. The second-order valence-electron chi connectivity index (χ2n) is 7.30. The Morgan fingerprint density at radius 1 is 1.00 bits per heavy atom. The number of halogens is 2. The number of hydrogen-bond donors (Lipinski definition) is 1. The van der Waals surface area contributed by atoms with E-state index in [-0.39, 0.29) is 11.4 Å². The van der Waals surface area contributed by atoms with E-state index in [1.54, 1.807) is 36.4 Å². The molecule has 0 aromatic heterocycles. The van der Waals surface area contributed by atoms with E-state index in [4.69, 9.17) is 11.6 Å². The molecule has 0 saturated heterocycles. The number of carbonyl (C=O) groups is 1. The van der Waals surface area contributed by atoms with Crippen molar-refractivity contribution in [1.82, 2.24) is 0 Å². The van der Waals surface area contributed by atoms with E-state index in [1.165, 1.54) is 12.1 Å². The summed E-state index contributed by atoms with van der Waals surface area (Å²) in [5.74, 6) is -0.835. The Hall–Kier alpha value is -3.94. The zero-order valence-corrected chi connectivity index (χ0v) is 17.7. The minimum Gasteiger partial charge on any atom is -0.321 e. The summed E-state index contributed by atoms with van der Waals surface area (Å²) in [4.78, 5) is 12.8. The monoisotopic (exact) mass is 440 g/mol. The number of benzene rings is 4. The van der Waals surface area contributed by atoms with Gasteiger partial charge < -0.3 is 5.32 Å². The Balaban J connectivity index is 1.77. The van der Waals surface area contributed by atoms with E-state index >= 15 is 0 Å². The highest BCUT2D eigenvalue weighted by molar-refractivity contribution is 6.31. The molecule has 0 saturated carbocycles. The molecule has 4 aromatic carbocycles. The molecular formula is C27H18ClFN2O. The molecular weight excluding hydrogens is 423 g/mol. The van der Waals surface area contributed by atoms with Crippen molar-refractivity contribution in [3.63, 3.8) is 0 Å². The van der Waals surface area contributed by atoms with Gasteiger partial charge in [-0.25, -0.2) is 4.39 Å². The number of nitrogens with one attached hydrogen (secondary N) is 1. The van der Waals surface area contributed by atoms with Gasteiger partial charge in [-0.3, -0.25) is 4.79 Å². The van der Waals surface area contributed by atoms with Crippen LogP contribution in [0.5, 0.6) is 0 Å². The second-order valence-corrected chi connectivity index (χ2v) is 7.74. The molecule has 4 rings (SSSR count). The fourth-order valence-electron chi connectivity index (χ4n) is 3.59. The van der Waals surface area contributed by atoms with Crippen molar-refractivity contribution in [2.75, 3.05) is 5.32 Å². The minimum atomic E-state index is -0.528. The highest BCUT2D eigenvalue weighted by Gasteiger charge is 2.14. The Morgan fingerprint density at radius 2 is 1.81 bits per heavy atom. The van der Waals surface area contributed by atoms with E-state index in [0.717, 1.165) is 27.5 Å². The fourth-order valence-corrected chi connectivity index (χ4v) is 3.78. The summed E-state index contributed by atoms with van der Waals surface area (Å²) in [5.41, 5.74) is 2.91. The molecule has 0 spiro atoms. The normalized spacial score (nSPS) is 11.2. The third-order valence-electron chi connectivity index (χ3n) is 5.08. The number of hydrogen-bond acceptors (Lipinski definition) is 2. The first-order valence-corrected chi connectivity index (χ1v) is 10.3. The number of fused-ring (bicyclic) bond motifs is 1. The molecule has 32 heavy (non-hydrogen) atoms. The Morgan fingerprint density at radius 3 is 2.59 bits per heavy atom. The van der Waals surface area contributed by atoms with E-state index < -0.39 is 5.91 Å². The minimum absolute atomic E-state index is 0.0400. The molecule has 3 nitrogen and oxygen atoms in total. The molecule has 0 aliphatic rings. The van der Waals surface area contributed by atoms with Crippen LogP contribution in [0.2, 0.25) is 5.02 Å². The molecule has 1 amide bonds. The highest BCUT2D eigenvalue weighted by atomic mass is 35.5. The van der Waals surface area contributed by atoms with Gasteiger partial charge in [0.1, 0.15) is 17.5 Å². The number of rotatable bonds is 5. The SMILES string of the molecule is N#C/C(=C\c1c(Cc2cccc(F)c2)ccc2ccccc12)C(=O)Nc1cccc(Cl)c1. The molecule has 0 radical (unpaired) electrons. The topological polar surface area (TPSA) is 52.9 Å². The Labute approximate surface area is 190 Å². The predicted molar refractivity (Wildman–Crippen MR) is 127 cm³/mol. The molecule has 0 fully saturated rings. The third kappa shape index (κ3) is 4.85. The zero-order chi connectivity index (χ0) is 22.5. The molecule has 0 aliphatic carbocycles. The molecule has 1 N–H and O–H groups in total. The lowest BCUT2D eigenvalue weighted by molar-refractivity contribution is -0.112. The predicted octanol–water partition coefficient (Wildman–Crippen LogP) is 6.77. The van der Waals surface area contributed by atoms with Gasteiger partial charge in [0.2, 0.25) is 0 Å². The lowest BCUT2D eigenvalue weighted by Crippen LogP contribution is -2.13. The zero-order valence-electron chi connectivity index (χ0n) is 17.0. The molecule has 156 valence electrons. The van der Waals surface area contributed by atoms with Crippen molar-refractivity contribution in [1.29, 1.82) is 5.26 Å². The summed E-state index contributed by atoms with van der Waals surface area (Å²) in [7, 11) is 0. The summed E-state index contributed by atoms with van der Waals surface area (Å²) in [6, 6.07) is 26.8. The van der Waals surface area contributed by atoms with Gasteiger partial charge >= 0.3 is 0 Å². The van der Waals surface area contributed by atoms with Crippen molar-refractivity contribution < 1.29 is 9.18 Å². The van der Waals surface area contributed by atoms with Crippen LogP contribution in [-0.2, 0) is 11.2 Å².